The van der Waals surface area contributed by atoms with Gasteiger partial charge in [0.2, 0.25) is 6.33 Å². The Morgan fingerprint density at radius 1 is 1.00 bits per heavy atom. The maximum Gasteiger partial charge on any atom is 0.244 e. The quantitative estimate of drug-likeness (QED) is 0.730. The number of nitrogens with zero attached hydrogens (tertiary/aromatic N) is 2. The molecule has 21 heavy (non-hydrogen) atoms. The van der Waals surface area contributed by atoms with E-state index >= 15 is 0 Å². The van der Waals surface area contributed by atoms with Crippen molar-refractivity contribution in [1.29, 1.82) is 0 Å². The van der Waals surface area contributed by atoms with Crippen molar-refractivity contribution in [2.75, 3.05) is 0 Å². The Morgan fingerprint density at radius 2 is 1.62 bits per heavy atom. The molecule has 0 aliphatic rings. The monoisotopic (exact) mass is 279 g/mol. The van der Waals surface area contributed by atoms with Crippen LogP contribution in [-0.2, 0) is 13.6 Å². The standard InChI is InChI=1S/C18H19N2O/c1-19-13-17(18(21)16-10-6-3-7-11-16)20(14-19)12-15-8-4-2-5-9-15/h2-11,13-14,18,21H,12H2,1H3/q+1/t18-/m1/s1. The second-order valence-electron chi connectivity index (χ2n) is 5.26. The molecule has 3 heteroatoms. The van der Waals surface area contributed by atoms with E-state index < -0.39 is 6.10 Å². The van der Waals surface area contributed by atoms with E-state index in [1.165, 1.54) is 5.56 Å². The van der Waals surface area contributed by atoms with Crippen LogP contribution in [0.1, 0.15) is 22.9 Å². The van der Waals surface area contributed by atoms with Crippen molar-refractivity contribution >= 4 is 0 Å². The first kappa shape index (κ1) is 13.6. The Balaban J connectivity index is 1.93. The van der Waals surface area contributed by atoms with Crippen molar-refractivity contribution in [3.05, 3.63) is 90.0 Å². The van der Waals surface area contributed by atoms with Gasteiger partial charge in [-0.05, 0) is 11.1 Å². The van der Waals surface area contributed by atoms with Crippen molar-refractivity contribution in [2.45, 2.75) is 12.6 Å². The van der Waals surface area contributed by atoms with E-state index in [9.17, 15) is 5.11 Å². The number of rotatable bonds is 4. The zero-order valence-corrected chi connectivity index (χ0v) is 12.1. The van der Waals surface area contributed by atoms with Gasteiger partial charge in [0.25, 0.3) is 0 Å². The van der Waals surface area contributed by atoms with E-state index in [4.69, 9.17) is 0 Å². The fourth-order valence-electron chi connectivity index (χ4n) is 2.55. The normalized spacial score (nSPS) is 12.3. The van der Waals surface area contributed by atoms with Crippen LogP contribution in [-0.4, -0.2) is 9.67 Å². The fourth-order valence-corrected chi connectivity index (χ4v) is 2.55. The molecular formula is C18H19N2O+. The number of aliphatic hydroxyl groups is 1. The van der Waals surface area contributed by atoms with Crippen molar-refractivity contribution < 1.29 is 9.67 Å². The van der Waals surface area contributed by atoms with E-state index in [1.807, 2.05) is 72.7 Å². The highest BCUT2D eigenvalue weighted by Gasteiger charge is 2.21. The van der Waals surface area contributed by atoms with Gasteiger partial charge in [0.05, 0.1) is 7.05 Å². The van der Waals surface area contributed by atoms with E-state index in [0.717, 1.165) is 17.8 Å². The molecule has 1 atom stereocenters. The first-order valence-corrected chi connectivity index (χ1v) is 7.06. The fraction of sp³-hybridized carbons (Fsp3) is 0.167. The largest absolute Gasteiger partial charge is 0.380 e. The van der Waals surface area contributed by atoms with Crippen LogP contribution in [0.5, 0.6) is 0 Å². The lowest BCUT2D eigenvalue weighted by Gasteiger charge is -2.09. The summed E-state index contributed by atoms with van der Waals surface area (Å²) in [5.74, 6) is 0. The number of aromatic nitrogens is 2. The van der Waals surface area contributed by atoms with Crippen LogP contribution < -0.4 is 4.57 Å². The molecule has 0 aliphatic carbocycles. The first-order chi connectivity index (χ1) is 10.2. The second kappa shape index (κ2) is 5.94. The molecule has 0 radical (unpaired) electrons. The summed E-state index contributed by atoms with van der Waals surface area (Å²) in [6, 6.07) is 20.0. The second-order valence-corrected chi connectivity index (χ2v) is 5.26. The molecular weight excluding hydrogens is 260 g/mol. The van der Waals surface area contributed by atoms with Gasteiger partial charge in [-0.3, -0.25) is 0 Å². The van der Waals surface area contributed by atoms with Gasteiger partial charge in [-0.1, -0.05) is 60.7 Å². The molecule has 3 aromatic rings. The van der Waals surface area contributed by atoms with Gasteiger partial charge in [0.15, 0.2) is 5.69 Å². The minimum absolute atomic E-state index is 0.615. The number of benzene rings is 2. The maximum absolute atomic E-state index is 10.6. The molecule has 0 saturated carbocycles. The Hall–Kier alpha value is -2.39. The molecule has 0 fully saturated rings. The topological polar surface area (TPSA) is 29.0 Å². The molecule has 0 spiro atoms. The number of hydrogen-bond donors (Lipinski definition) is 1. The summed E-state index contributed by atoms with van der Waals surface area (Å²) >= 11 is 0. The molecule has 0 aliphatic heterocycles. The highest BCUT2D eigenvalue weighted by Crippen LogP contribution is 2.21. The Bertz CT molecular complexity index is 705. The van der Waals surface area contributed by atoms with Crippen molar-refractivity contribution in [2.24, 2.45) is 7.05 Å². The number of aliphatic hydroxyl groups excluding tert-OH is 1. The third kappa shape index (κ3) is 3.03. The van der Waals surface area contributed by atoms with E-state index in [0.29, 0.717) is 0 Å². The van der Waals surface area contributed by atoms with Gasteiger partial charge in [-0.15, -0.1) is 0 Å². The summed E-state index contributed by atoms with van der Waals surface area (Å²) in [5, 5.41) is 10.6. The molecule has 2 aromatic carbocycles. The van der Waals surface area contributed by atoms with Gasteiger partial charge < -0.3 is 5.11 Å². The van der Waals surface area contributed by atoms with Gasteiger partial charge in [-0.25, -0.2) is 9.13 Å². The minimum Gasteiger partial charge on any atom is -0.380 e. The molecule has 0 amide bonds. The van der Waals surface area contributed by atoms with Gasteiger partial charge >= 0.3 is 0 Å². The average Bonchev–Trinajstić information content (AvgIpc) is 2.89. The van der Waals surface area contributed by atoms with Gasteiger partial charge in [0.1, 0.15) is 18.8 Å². The Morgan fingerprint density at radius 3 is 2.29 bits per heavy atom. The summed E-state index contributed by atoms with van der Waals surface area (Å²) in [7, 11) is 1.97. The zero-order chi connectivity index (χ0) is 14.7. The smallest absolute Gasteiger partial charge is 0.244 e. The number of aryl methyl sites for hydroxylation is 1. The molecule has 1 heterocycles. The van der Waals surface area contributed by atoms with E-state index in [2.05, 4.69) is 16.7 Å². The van der Waals surface area contributed by atoms with Gasteiger partial charge in [0, 0.05) is 0 Å². The maximum atomic E-state index is 10.6. The van der Waals surface area contributed by atoms with Crippen LogP contribution in [0.4, 0.5) is 0 Å². The zero-order valence-electron chi connectivity index (χ0n) is 12.1. The van der Waals surface area contributed by atoms with Crippen molar-refractivity contribution in [3.8, 4) is 0 Å². The summed E-state index contributed by atoms with van der Waals surface area (Å²) in [6.45, 7) is 0.751. The van der Waals surface area contributed by atoms with E-state index in [-0.39, 0.29) is 0 Å². The summed E-state index contributed by atoms with van der Waals surface area (Å²) < 4.78 is 4.07. The number of imidazole rings is 1. The molecule has 1 aromatic heterocycles. The summed E-state index contributed by atoms with van der Waals surface area (Å²) in [5.41, 5.74) is 3.02. The van der Waals surface area contributed by atoms with Crippen LogP contribution >= 0.6 is 0 Å². The van der Waals surface area contributed by atoms with Crippen LogP contribution in [0.25, 0.3) is 0 Å². The third-order valence-electron chi connectivity index (χ3n) is 3.58. The summed E-state index contributed by atoms with van der Waals surface area (Å²) in [4.78, 5) is 0. The Labute approximate surface area is 124 Å². The lowest BCUT2D eigenvalue weighted by atomic mass is 10.1. The van der Waals surface area contributed by atoms with Crippen LogP contribution in [0.15, 0.2) is 73.2 Å². The molecule has 3 rings (SSSR count). The predicted molar refractivity (Wildman–Crippen MR) is 81.7 cm³/mol. The first-order valence-electron chi connectivity index (χ1n) is 7.06. The van der Waals surface area contributed by atoms with Crippen LogP contribution in [0.3, 0.4) is 0 Å². The molecule has 0 saturated heterocycles. The lowest BCUT2D eigenvalue weighted by molar-refractivity contribution is -0.671. The predicted octanol–water partition coefficient (Wildman–Crippen LogP) is 2.44. The minimum atomic E-state index is -0.615. The Kier molecular flexibility index (Phi) is 3.84. The molecule has 3 nitrogen and oxygen atoms in total. The van der Waals surface area contributed by atoms with Crippen LogP contribution in [0, 0.1) is 0 Å². The summed E-state index contributed by atoms with van der Waals surface area (Å²) in [6.07, 6.45) is 3.37. The molecule has 0 unspecified atom stereocenters. The lowest BCUT2D eigenvalue weighted by Crippen LogP contribution is -2.23. The molecule has 106 valence electrons. The molecule has 0 bridgehead atoms. The molecule has 1 N–H and O–H groups in total. The third-order valence-corrected chi connectivity index (χ3v) is 3.58. The van der Waals surface area contributed by atoms with Crippen LogP contribution in [0.2, 0.25) is 0 Å². The van der Waals surface area contributed by atoms with Crippen molar-refractivity contribution in [1.82, 2.24) is 4.57 Å². The SMILES string of the molecule is C[n+]1cc([C@H](O)c2ccccc2)n(Cc2ccccc2)c1. The average molecular weight is 279 g/mol. The van der Waals surface area contributed by atoms with E-state index in [1.54, 1.807) is 0 Å². The number of hydrogen-bond acceptors (Lipinski definition) is 1. The van der Waals surface area contributed by atoms with Crippen molar-refractivity contribution in [3.63, 3.8) is 0 Å². The van der Waals surface area contributed by atoms with Gasteiger partial charge in [-0.2, -0.15) is 0 Å². The highest BCUT2D eigenvalue weighted by atomic mass is 16.3. The highest BCUT2D eigenvalue weighted by molar-refractivity contribution is 5.25.